The number of hydrogen-bond donors (Lipinski definition) is 1. The minimum atomic E-state index is -0.847. The fraction of sp³-hybridized carbons (Fsp3) is 0.389. The first kappa shape index (κ1) is 19.0. The van der Waals surface area contributed by atoms with Gasteiger partial charge in [-0.2, -0.15) is 4.98 Å². The molecule has 0 radical (unpaired) electrons. The van der Waals surface area contributed by atoms with E-state index in [-0.39, 0.29) is 25.0 Å². The highest BCUT2D eigenvalue weighted by Gasteiger charge is 2.30. The molecule has 2 aromatic rings. The smallest absolute Gasteiger partial charge is 0.351 e. The minimum Gasteiger partial charge on any atom is -0.460 e. The van der Waals surface area contributed by atoms with Crippen LogP contribution in [-0.4, -0.2) is 35.0 Å². The number of ether oxygens (including phenoxy) is 3. The molecule has 1 aliphatic rings. The summed E-state index contributed by atoms with van der Waals surface area (Å²) >= 11 is 0. The third-order valence-corrected chi connectivity index (χ3v) is 3.82. The largest absolute Gasteiger partial charge is 0.460 e. The molecule has 9 heteroatoms. The molecule has 8 nitrogen and oxygen atoms in total. The third-order valence-electron chi connectivity index (χ3n) is 3.82. The Labute approximate surface area is 154 Å². The van der Waals surface area contributed by atoms with E-state index in [0.29, 0.717) is 18.5 Å². The van der Waals surface area contributed by atoms with Crippen molar-refractivity contribution in [1.82, 2.24) is 9.55 Å². The van der Waals surface area contributed by atoms with E-state index in [0.717, 1.165) is 10.8 Å². The summed E-state index contributed by atoms with van der Waals surface area (Å²) in [6.45, 7) is 1.79. The molecule has 0 spiro atoms. The summed E-state index contributed by atoms with van der Waals surface area (Å²) in [5.41, 5.74) is -0.0810. The van der Waals surface area contributed by atoms with Crippen molar-refractivity contribution in [3.8, 4) is 0 Å². The molecule has 0 saturated carbocycles. The molecule has 1 saturated heterocycles. The van der Waals surface area contributed by atoms with Crippen molar-refractivity contribution in [2.24, 2.45) is 0 Å². The van der Waals surface area contributed by atoms with Crippen LogP contribution in [0.1, 0.15) is 26.0 Å². The van der Waals surface area contributed by atoms with Gasteiger partial charge in [0.15, 0.2) is 24.2 Å². The second-order valence-electron chi connectivity index (χ2n) is 5.90. The molecule has 1 N–H and O–H groups in total. The highest BCUT2D eigenvalue weighted by Crippen LogP contribution is 2.22. The Bertz CT molecular complexity index is 843. The van der Waals surface area contributed by atoms with E-state index in [1.807, 2.05) is 13.0 Å². The van der Waals surface area contributed by atoms with Crippen LogP contribution in [0, 0.1) is 5.82 Å². The van der Waals surface area contributed by atoms with Gasteiger partial charge in [0.1, 0.15) is 6.61 Å². The molecule has 27 heavy (non-hydrogen) atoms. The number of nitrogens with one attached hydrogen (secondary N) is 1. The number of hydrogen-bond acceptors (Lipinski definition) is 7. The Morgan fingerprint density at radius 1 is 1.41 bits per heavy atom. The third kappa shape index (κ3) is 4.89. The van der Waals surface area contributed by atoms with Crippen molar-refractivity contribution in [3.05, 3.63) is 52.8 Å². The molecule has 0 bridgehead atoms. The van der Waals surface area contributed by atoms with E-state index in [1.54, 1.807) is 24.3 Å². The summed E-state index contributed by atoms with van der Waals surface area (Å²) in [5.74, 6) is -1.24. The van der Waals surface area contributed by atoms with Crippen LogP contribution >= 0.6 is 0 Å². The van der Waals surface area contributed by atoms with Crippen LogP contribution in [0.3, 0.4) is 0 Å². The number of carbonyl (C=O) groups excluding carboxylic acids is 1. The number of anilines is 2. The van der Waals surface area contributed by atoms with Crippen LogP contribution in [0.5, 0.6) is 0 Å². The molecule has 144 valence electrons. The van der Waals surface area contributed by atoms with E-state index in [1.165, 1.54) is 0 Å². The quantitative estimate of drug-likeness (QED) is 0.741. The van der Waals surface area contributed by atoms with E-state index in [9.17, 15) is 14.0 Å². The van der Waals surface area contributed by atoms with Crippen molar-refractivity contribution in [2.75, 3.05) is 18.5 Å². The lowest BCUT2D eigenvalue weighted by Crippen LogP contribution is -2.30. The van der Waals surface area contributed by atoms with Crippen LogP contribution in [0.4, 0.5) is 15.9 Å². The molecule has 1 aromatic carbocycles. The van der Waals surface area contributed by atoms with Gasteiger partial charge in [-0.25, -0.2) is 9.18 Å². The van der Waals surface area contributed by atoms with Crippen LogP contribution in [0.2, 0.25) is 0 Å². The van der Waals surface area contributed by atoms with E-state index in [4.69, 9.17) is 14.2 Å². The average molecular weight is 377 g/mol. The van der Waals surface area contributed by atoms with E-state index in [2.05, 4.69) is 10.3 Å². The first-order chi connectivity index (χ1) is 13.1. The standard InChI is InChI=1S/C18H20FN3O5/c1-2-6-15(23)25-11-16-26-10-14(27-16)22-9-13(19)17(21-18(22)24)20-12-7-4-3-5-8-12/h3-5,7-9,14,16H,2,6,10-11H2,1H3,(H,20,21,24)/t14-,16-/m0/s1. The Hall–Kier alpha value is -2.78. The Morgan fingerprint density at radius 3 is 2.93 bits per heavy atom. The summed E-state index contributed by atoms with van der Waals surface area (Å²) in [7, 11) is 0. The summed E-state index contributed by atoms with van der Waals surface area (Å²) in [6, 6.07) is 8.83. The van der Waals surface area contributed by atoms with Gasteiger partial charge in [0, 0.05) is 12.1 Å². The zero-order valence-corrected chi connectivity index (χ0v) is 14.8. The second-order valence-corrected chi connectivity index (χ2v) is 5.90. The molecule has 1 fully saturated rings. The van der Waals surface area contributed by atoms with Gasteiger partial charge >= 0.3 is 11.7 Å². The van der Waals surface area contributed by atoms with Crippen LogP contribution in [0.25, 0.3) is 0 Å². The summed E-state index contributed by atoms with van der Waals surface area (Å²) < 4.78 is 31.2. The van der Waals surface area contributed by atoms with Gasteiger partial charge in [-0.1, -0.05) is 25.1 Å². The first-order valence-corrected chi connectivity index (χ1v) is 8.60. The lowest BCUT2D eigenvalue weighted by Gasteiger charge is -2.14. The second kappa shape index (κ2) is 8.74. The Kier molecular flexibility index (Phi) is 6.15. The molecule has 2 heterocycles. The summed E-state index contributed by atoms with van der Waals surface area (Å²) in [5, 5.41) is 2.76. The van der Waals surface area contributed by atoms with Crippen molar-refractivity contribution in [3.63, 3.8) is 0 Å². The number of rotatable bonds is 7. The Morgan fingerprint density at radius 2 is 2.19 bits per heavy atom. The highest BCUT2D eigenvalue weighted by molar-refractivity contribution is 5.69. The first-order valence-electron chi connectivity index (χ1n) is 8.60. The molecule has 2 atom stereocenters. The van der Waals surface area contributed by atoms with Crippen molar-refractivity contribution < 1.29 is 23.4 Å². The number of nitrogens with zero attached hydrogens (tertiary/aromatic N) is 2. The summed E-state index contributed by atoms with van der Waals surface area (Å²) in [6.07, 6.45) is 0.339. The molecule has 1 aromatic heterocycles. The van der Waals surface area contributed by atoms with Gasteiger partial charge in [0.2, 0.25) is 0 Å². The molecule has 1 aliphatic heterocycles. The number of aromatic nitrogens is 2. The zero-order valence-electron chi connectivity index (χ0n) is 14.8. The number of halogens is 1. The maximum Gasteiger partial charge on any atom is 0.351 e. The highest BCUT2D eigenvalue weighted by atomic mass is 19.1. The zero-order chi connectivity index (χ0) is 19.2. The molecule has 0 amide bonds. The van der Waals surface area contributed by atoms with Gasteiger partial charge in [0.25, 0.3) is 0 Å². The topological polar surface area (TPSA) is 91.7 Å². The van der Waals surface area contributed by atoms with Crippen molar-refractivity contribution >= 4 is 17.5 Å². The molecule has 0 unspecified atom stereocenters. The maximum absolute atomic E-state index is 14.4. The average Bonchev–Trinajstić information content (AvgIpc) is 3.13. The van der Waals surface area contributed by atoms with Crippen LogP contribution < -0.4 is 11.0 Å². The fourth-order valence-corrected chi connectivity index (χ4v) is 2.51. The molecular formula is C18H20FN3O5. The maximum atomic E-state index is 14.4. The van der Waals surface area contributed by atoms with Crippen molar-refractivity contribution in [2.45, 2.75) is 32.3 Å². The van der Waals surface area contributed by atoms with Gasteiger partial charge in [-0.05, 0) is 18.6 Å². The van der Waals surface area contributed by atoms with Crippen LogP contribution in [-0.2, 0) is 19.0 Å². The predicted molar refractivity (Wildman–Crippen MR) is 93.9 cm³/mol. The Balaban J connectivity index is 1.65. The number of benzene rings is 1. The van der Waals surface area contributed by atoms with Crippen molar-refractivity contribution in [1.29, 1.82) is 0 Å². The number of para-hydroxylation sites is 1. The lowest BCUT2D eigenvalue weighted by atomic mass is 10.3. The number of carbonyl (C=O) groups is 1. The molecule has 3 rings (SSSR count). The van der Waals surface area contributed by atoms with E-state index < -0.39 is 24.0 Å². The van der Waals surface area contributed by atoms with Crippen LogP contribution in [0.15, 0.2) is 41.3 Å². The van der Waals surface area contributed by atoms with Gasteiger partial charge in [-0.15, -0.1) is 0 Å². The normalized spacial score (nSPS) is 19.0. The number of esters is 1. The molecule has 0 aliphatic carbocycles. The lowest BCUT2D eigenvalue weighted by molar-refractivity contribution is -0.159. The van der Waals surface area contributed by atoms with Gasteiger partial charge in [0.05, 0.1) is 12.8 Å². The summed E-state index contributed by atoms with van der Waals surface area (Å²) in [4.78, 5) is 27.4. The fourth-order valence-electron chi connectivity index (χ4n) is 2.51. The van der Waals surface area contributed by atoms with E-state index >= 15 is 0 Å². The monoisotopic (exact) mass is 377 g/mol. The molecular weight excluding hydrogens is 357 g/mol. The predicted octanol–water partition coefficient (Wildman–Crippen LogP) is 2.34. The SMILES string of the molecule is CCCC(=O)OC[C@H]1OC[C@@H](n2cc(F)c(Nc3ccccc3)nc2=O)O1. The minimum absolute atomic E-state index is 0.0164. The van der Waals surface area contributed by atoms with Gasteiger partial charge in [-0.3, -0.25) is 9.36 Å². The van der Waals surface area contributed by atoms with Gasteiger partial charge < -0.3 is 19.5 Å².